The van der Waals surface area contributed by atoms with Gasteiger partial charge in [-0.25, -0.2) is 14.8 Å². The Labute approximate surface area is 203 Å². The van der Waals surface area contributed by atoms with Crippen LogP contribution >= 0.6 is 34.5 Å². The number of rotatable bonds is 5. The molecule has 5 rings (SSSR count). The number of amides is 1. The first-order valence-corrected chi connectivity index (χ1v) is 12.1. The highest BCUT2D eigenvalue weighted by Gasteiger charge is 2.70. The zero-order valence-electron chi connectivity index (χ0n) is 17.9. The second kappa shape index (κ2) is 8.00. The molecule has 1 aromatic carbocycles. The van der Waals surface area contributed by atoms with Crippen molar-refractivity contribution in [2.24, 2.45) is 11.8 Å². The minimum atomic E-state index is -1.04. The topological polar surface area (TPSA) is 100 Å². The van der Waals surface area contributed by atoms with Gasteiger partial charge in [0, 0.05) is 42.2 Å². The van der Waals surface area contributed by atoms with E-state index in [1.165, 1.54) is 10.6 Å². The fourth-order valence-electron chi connectivity index (χ4n) is 5.07. The number of piperidine rings is 1. The van der Waals surface area contributed by atoms with Crippen LogP contribution in [0.2, 0.25) is 10.0 Å². The van der Waals surface area contributed by atoms with Gasteiger partial charge in [-0.1, -0.05) is 29.3 Å². The van der Waals surface area contributed by atoms with Crippen LogP contribution in [0.15, 0.2) is 34.4 Å². The van der Waals surface area contributed by atoms with Gasteiger partial charge in [-0.05, 0) is 37.8 Å². The Hall–Kier alpha value is -2.62. The van der Waals surface area contributed by atoms with Crippen molar-refractivity contribution in [3.8, 4) is 5.69 Å². The molecule has 0 spiro atoms. The van der Waals surface area contributed by atoms with Crippen LogP contribution in [0.25, 0.3) is 5.69 Å². The van der Waals surface area contributed by atoms with Gasteiger partial charge in [-0.2, -0.15) is 0 Å². The van der Waals surface area contributed by atoms with Crippen molar-refractivity contribution in [1.82, 2.24) is 19.9 Å². The number of aromatic nitrogens is 3. The molecule has 3 heterocycles. The van der Waals surface area contributed by atoms with Gasteiger partial charge < -0.3 is 15.3 Å². The third-order valence-corrected chi connectivity index (χ3v) is 8.61. The summed E-state index contributed by atoms with van der Waals surface area (Å²) in [5, 5.41) is 15.4. The van der Waals surface area contributed by atoms with Crippen LogP contribution in [-0.2, 0) is 5.41 Å². The Kier molecular flexibility index (Phi) is 5.38. The van der Waals surface area contributed by atoms with E-state index >= 15 is 0 Å². The number of carbonyl (C=O) groups is 1. The highest BCUT2D eigenvalue weighted by atomic mass is 35.5. The molecule has 0 radical (unpaired) electrons. The minimum absolute atomic E-state index is 0.238. The van der Waals surface area contributed by atoms with Crippen molar-refractivity contribution < 1.29 is 9.90 Å². The second-order valence-corrected chi connectivity index (χ2v) is 10.2. The van der Waals surface area contributed by atoms with Gasteiger partial charge in [0.2, 0.25) is 0 Å². The lowest BCUT2D eigenvalue weighted by Crippen LogP contribution is -2.39. The average Bonchev–Trinajstić information content (AvgIpc) is 3.10. The molecule has 2 aromatic heterocycles. The fraction of sp³-hybridized carbons (Fsp3) is 0.364. The molecule has 11 heteroatoms. The summed E-state index contributed by atoms with van der Waals surface area (Å²) >= 11 is 14.0. The molecule has 2 fully saturated rings. The summed E-state index contributed by atoms with van der Waals surface area (Å²) in [6.07, 6.45) is -1.04. The first-order valence-electron chi connectivity index (χ1n) is 10.4. The smallest absolute Gasteiger partial charge is 0.404 e. The molecule has 1 saturated carbocycles. The Morgan fingerprint density at radius 1 is 1.27 bits per heavy atom. The molecule has 1 saturated heterocycles. The molecule has 0 unspecified atom stereocenters. The number of nitrogens with zero attached hydrogens (tertiary/aromatic N) is 4. The Bertz CT molecular complexity index is 1310. The third-order valence-electron chi connectivity index (χ3n) is 6.65. The van der Waals surface area contributed by atoms with Crippen molar-refractivity contribution in [3.63, 3.8) is 0 Å². The molecular weight excluding hydrogens is 485 g/mol. The number of hydrogen-bond acceptors (Lipinski definition) is 6. The van der Waals surface area contributed by atoms with Crippen molar-refractivity contribution in [2.45, 2.75) is 19.3 Å². The predicted molar refractivity (Wildman–Crippen MR) is 128 cm³/mol. The number of benzene rings is 1. The zero-order valence-corrected chi connectivity index (χ0v) is 20.2. The van der Waals surface area contributed by atoms with Gasteiger partial charge in [-0.3, -0.25) is 9.36 Å². The monoisotopic (exact) mass is 505 g/mol. The lowest BCUT2D eigenvalue weighted by atomic mass is 10.0. The molecule has 33 heavy (non-hydrogen) atoms. The number of carboxylic acid groups (broad SMARTS) is 1. The van der Waals surface area contributed by atoms with E-state index in [0.29, 0.717) is 47.0 Å². The van der Waals surface area contributed by atoms with Crippen LogP contribution in [0.5, 0.6) is 0 Å². The molecule has 172 valence electrons. The molecular formula is C22H21Cl2N5O3S. The van der Waals surface area contributed by atoms with Crippen molar-refractivity contribution in [3.05, 3.63) is 66.6 Å². The van der Waals surface area contributed by atoms with Gasteiger partial charge in [0.15, 0.2) is 0 Å². The maximum atomic E-state index is 13.0. The Morgan fingerprint density at radius 3 is 2.61 bits per heavy atom. The summed E-state index contributed by atoms with van der Waals surface area (Å²) in [4.78, 5) is 35.6. The maximum absolute atomic E-state index is 13.0. The number of halogens is 2. The van der Waals surface area contributed by atoms with E-state index in [1.54, 1.807) is 36.5 Å². The molecule has 3 aromatic rings. The quantitative estimate of drug-likeness (QED) is 0.545. The van der Waals surface area contributed by atoms with Gasteiger partial charge in [0.05, 0.1) is 15.7 Å². The molecule has 8 nitrogen and oxygen atoms in total. The van der Waals surface area contributed by atoms with Gasteiger partial charge in [0.1, 0.15) is 16.6 Å². The number of thiazole rings is 1. The summed E-state index contributed by atoms with van der Waals surface area (Å²) in [7, 11) is 0. The first-order chi connectivity index (χ1) is 15.7. The largest absolute Gasteiger partial charge is 0.465 e. The molecule has 2 N–H and O–H groups in total. The molecule has 0 bridgehead atoms. The summed E-state index contributed by atoms with van der Waals surface area (Å²) in [5.74, 6) is 1.59. The summed E-state index contributed by atoms with van der Waals surface area (Å²) < 4.78 is 1.45. The van der Waals surface area contributed by atoms with Gasteiger partial charge >= 0.3 is 6.09 Å². The number of hydrogen-bond donors (Lipinski definition) is 2. The molecule has 1 aliphatic carbocycles. The van der Waals surface area contributed by atoms with Crippen LogP contribution < -0.4 is 15.8 Å². The van der Waals surface area contributed by atoms with Crippen LogP contribution in [-0.4, -0.2) is 45.4 Å². The van der Waals surface area contributed by atoms with Crippen molar-refractivity contribution in [1.29, 1.82) is 0 Å². The normalized spacial score (nSPS) is 23.5. The number of fused-ring (bicyclic) bond motifs is 1. The van der Waals surface area contributed by atoms with Gasteiger partial charge in [0.25, 0.3) is 5.56 Å². The second-order valence-electron chi connectivity index (χ2n) is 8.52. The lowest BCUT2D eigenvalue weighted by molar-refractivity contribution is 0.192. The van der Waals surface area contributed by atoms with E-state index in [1.807, 2.05) is 12.3 Å². The standard InChI is InChI=1S/C22H21Cl2N5O3S/c1-11-9-33-20(26-11)22(10-25-21(31)32)13-7-28(8-14(13)22)17-6-18(30)29(12(2)27-17)16-5-3-4-15(23)19(16)24/h3-6,9,13-14,25H,7-8,10H2,1-2H3,(H,31,32)/t13-,14+,22-. The molecule has 2 aliphatic rings. The fourth-order valence-corrected chi connectivity index (χ4v) is 6.57. The zero-order chi connectivity index (χ0) is 23.5. The highest BCUT2D eigenvalue weighted by Crippen LogP contribution is 2.64. The summed E-state index contributed by atoms with van der Waals surface area (Å²) in [6, 6.07) is 6.65. The van der Waals surface area contributed by atoms with Crippen molar-refractivity contribution >= 4 is 46.4 Å². The lowest BCUT2D eigenvalue weighted by Gasteiger charge is -2.27. The Balaban J connectivity index is 1.42. The Morgan fingerprint density at radius 2 is 2.00 bits per heavy atom. The summed E-state index contributed by atoms with van der Waals surface area (Å²) in [5.41, 5.74) is 0.892. The van der Waals surface area contributed by atoms with E-state index in [-0.39, 0.29) is 22.8 Å². The van der Waals surface area contributed by atoms with E-state index in [9.17, 15) is 9.59 Å². The number of nitrogens with one attached hydrogen (secondary N) is 1. The third kappa shape index (κ3) is 3.59. The van der Waals surface area contributed by atoms with E-state index < -0.39 is 6.09 Å². The minimum Gasteiger partial charge on any atom is -0.465 e. The first kappa shape index (κ1) is 22.2. The molecule has 1 amide bonds. The van der Waals surface area contributed by atoms with E-state index in [2.05, 4.69) is 20.2 Å². The number of aryl methyl sites for hydroxylation is 2. The number of anilines is 1. The maximum Gasteiger partial charge on any atom is 0.404 e. The highest BCUT2D eigenvalue weighted by molar-refractivity contribution is 7.09. The van der Waals surface area contributed by atoms with Crippen molar-refractivity contribution in [2.75, 3.05) is 24.5 Å². The van der Waals surface area contributed by atoms with Crippen LogP contribution in [0.4, 0.5) is 10.6 Å². The average molecular weight is 506 g/mol. The summed E-state index contributed by atoms with van der Waals surface area (Å²) in [6.45, 7) is 5.39. The van der Waals surface area contributed by atoms with E-state index in [0.717, 1.165) is 10.7 Å². The molecule has 3 atom stereocenters. The van der Waals surface area contributed by atoms with Crippen LogP contribution in [0.1, 0.15) is 16.5 Å². The van der Waals surface area contributed by atoms with Crippen LogP contribution in [0, 0.1) is 25.7 Å². The van der Waals surface area contributed by atoms with E-state index in [4.69, 9.17) is 28.3 Å². The predicted octanol–water partition coefficient (Wildman–Crippen LogP) is 3.88. The SMILES string of the molecule is Cc1csc([C@]2(CNC(=O)O)[C@@H]3CN(c4cc(=O)n(-c5cccc(Cl)c5Cl)c(C)n4)C[C@@H]32)n1. The molecule has 1 aliphatic heterocycles. The van der Waals surface area contributed by atoms with Crippen LogP contribution in [0.3, 0.4) is 0 Å². The van der Waals surface area contributed by atoms with Gasteiger partial charge in [-0.15, -0.1) is 11.3 Å².